The van der Waals surface area contributed by atoms with E-state index in [1.807, 2.05) is 0 Å². The zero-order chi connectivity index (χ0) is 21.1. The largest absolute Gasteiger partial charge is 0.456 e. The van der Waals surface area contributed by atoms with E-state index < -0.39 is 10.2 Å². The van der Waals surface area contributed by atoms with Crippen molar-refractivity contribution in [2.24, 2.45) is 0 Å². The van der Waals surface area contributed by atoms with Gasteiger partial charge in [-0.05, 0) is 46.8 Å². The van der Waals surface area contributed by atoms with E-state index in [4.69, 9.17) is 23.1 Å². The highest BCUT2D eigenvalue weighted by atomic mass is 35.7. The van der Waals surface area contributed by atoms with Gasteiger partial charge < -0.3 is 4.42 Å². The summed E-state index contributed by atoms with van der Waals surface area (Å²) in [7, 11) is -4.94. The number of rotatable bonds is 1. The van der Waals surface area contributed by atoms with Gasteiger partial charge in [0.25, 0.3) is 0 Å². The summed E-state index contributed by atoms with van der Waals surface area (Å²) < 4.78 is 40.1. The number of hydrogen-bond donors (Lipinski definition) is 1. The van der Waals surface area contributed by atoms with Crippen molar-refractivity contribution >= 4 is 11.0 Å². The quantitative estimate of drug-likeness (QED) is 0.542. The number of hydrogen-bond acceptors (Lipinski definition) is 5. The van der Waals surface area contributed by atoms with Crippen molar-refractivity contribution in [2.75, 3.05) is 0 Å². The van der Waals surface area contributed by atoms with Crippen LogP contribution in [0, 0.1) is 24.1 Å². The Labute approximate surface area is 166 Å². The molecule has 0 radical (unpaired) electrons. The normalized spacial score (nSPS) is 12.7. The minimum Gasteiger partial charge on any atom is -0.456 e. The first kappa shape index (κ1) is 22.1. The summed E-state index contributed by atoms with van der Waals surface area (Å²) in [5.74, 6) is 0.883. The van der Waals surface area contributed by atoms with Crippen LogP contribution in [-0.2, 0) is 0 Å². The van der Waals surface area contributed by atoms with Crippen molar-refractivity contribution in [1.29, 1.82) is 0 Å². The molecule has 150 valence electrons. The van der Waals surface area contributed by atoms with E-state index in [0.717, 1.165) is 27.7 Å². The molecule has 0 fully saturated rings. The van der Waals surface area contributed by atoms with Crippen LogP contribution in [0.3, 0.4) is 0 Å². The summed E-state index contributed by atoms with van der Waals surface area (Å²) in [6, 6.07) is 16.9. The Hall–Kier alpha value is -2.22. The van der Waals surface area contributed by atoms with Crippen LogP contribution in [0.4, 0.5) is 0 Å². The lowest BCUT2D eigenvalue weighted by molar-refractivity contribution is -2.00. The van der Waals surface area contributed by atoms with Crippen LogP contribution in [0.5, 0.6) is 0 Å². The molecule has 0 bridgehead atoms. The third kappa shape index (κ3) is 7.07. The maximum atomic E-state index is 8.49. The first-order chi connectivity index (χ1) is 12.8. The third-order valence-electron chi connectivity index (χ3n) is 3.77. The van der Waals surface area contributed by atoms with Gasteiger partial charge in [-0.25, -0.2) is 23.6 Å². The summed E-state index contributed by atoms with van der Waals surface area (Å²) in [5, 5.41) is 2.23. The van der Waals surface area contributed by atoms with E-state index in [9.17, 15) is 0 Å². The standard InChI is InChI=1S/C21H23NO.ClHO4/c1-14-6-9-16(10-7-14)20-13-18(22-21(3,4)5)17-12-15(2)8-11-19(17)23-20;2-1(3,4)5/h6-13H,1-5H3;(H,2,3,4,5). The first-order valence-corrected chi connectivity index (χ1v) is 9.90. The Bertz CT molecular complexity index is 1010. The van der Waals surface area contributed by atoms with Crippen LogP contribution in [0.2, 0.25) is 0 Å². The molecule has 7 heteroatoms. The highest BCUT2D eigenvalue weighted by molar-refractivity contribution is 5.78. The molecule has 2 aromatic carbocycles. The lowest BCUT2D eigenvalue weighted by Crippen LogP contribution is -2.87. The van der Waals surface area contributed by atoms with Gasteiger partial charge in [0, 0.05) is 5.56 Å². The molecule has 0 amide bonds. The maximum absolute atomic E-state index is 8.49. The van der Waals surface area contributed by atoms with E-state index in [1.54, 1.807) is 0 Å². The van der Waals surface area contributed by atoms with Crippen LogP contribution >= 0.6 is 0 Å². The molecule has 3 aromatic rings. The predicted molar refractivity (Wildman–Crippen MR) is 95.0 cm³/mol. The zero-order valence-corrected chi connectivity index (χ0v) is 17.3. The molecule has 0 spiro atoms. The van der Waals surface area contributed by atoms with Crippen molar-refractivity contribution in [1.82, 2.24) is 0 Å². The fourth-order valence-electron chi connectivity index (χ4n) is 2.67. The molecule has 0 unspecified atom stereocenters. The van der Waals surface area contributed by atoms with E-state index in [-0.39, 0.29) is 5.54 Å². The number of halogens is 1. The molecule has 3 rings (SSSR count). The van der Waals surface area contributed by atoms with Crippen LogP contribution in [-0.4, -0.2) is 5.54 Å². The summed E-state index contributed by atoms with van der Waals surface area (Å²) >= 11 is 0. The Morgan fingerprint density at radius 3 is 1.89 bits per heavy atom. The highest BCUT2D eigenvalue weighted by Crippen LogP contribution is 2.22. The molecule has 0 saturated heterocycles. The fraction of sp³-hybridized carbons (Fsp3) is 0.286. The smallest absolute Gasteiger partial charge is 0.213 e. The van der Waals surface area contributed by atoms with Gasteiger partial charge in [-0.2, -0.15) is 0 Å². The third-order valence-corrected chi connectivity index (χ3v) is 3.77. The molecular formula is C21H24ClNO5. The summed E-state index contributed by atoms with van der Waals surface area (Å²) in [5.41, 5.74) is 4.46. The first-order valence-electron chi connectivity index (χ1n) is 8.66. The average Bonchev–Trinajstić information content (AvgIpc) is 2.53. The van der Waals surface area contributed by atoms with Crippen molar-refractivity contribution in [3.8, 4) is 11.3 Å². The van der Waals surface area contributed by atoms with E-state index in [1.165, 1.54) is 11.1 Å². The van der Waals surface area contributed by atoms with E-state index in [2.05, 4.69) is 88.1 Å². The zero-order valence-electron chi connectivity index (χ0n) is 16.5. The van der Waals surface area contributed by atoms with Crippen molar-refractivity contribution in [3.63, 3.8) is 0 Å². The van der Waals surface area contributed by atoms with Crippen molar-refractivity contribution in [2.45, 2.75) is 40.2 Å². The van der Waals surface area contributed by atoms with Gasteiger partial charge in [0.1, 0.15) is 11.3 Å². The minimum absolute atomic E-state index is 0.0113. The monoisotopic (exact) mass is 405 g/mol. The molecular weight excluding hydrogens is 382 g/mol. The van der Waals surface area contributed by atoms with Crippen molar-refractivity contribution < 1.29 is 38.3 Å². The van der Waals surface area contributed by atoms with Gasteiger partial charge in [0.05, 0.1) is 11.5 Å². The number of aryl methyl sites for hydroxylation is 2. The number of fused-ring (bicyclic) bond motifs is 1. The fourth-order valence-corrected chi connectivity index (χ4v) is 2.67. The molecule has 6 nitrogen and oxygen atoms in total. The van der Waals surface area contributed by atoms with Gasteiger partial charge in [-0.3, -0.25) is 0 Å². The molecule has 0 aliphatic heterocycles. The highest BCUT2D eigenvalue weighted by Gasteiger charge is 2.16. The molecule has 0 aliphatic carbocycles. The van der Waals surface area contributed by atoms with E-state index in [0.29, 0.717) is 0 Å². The summed E-state index contributed by atoms with van der Waals surface area (Å²) in [4.78, 5) is 3.61. The summed E-state index contributed by atoms with van der Waals surface area (Å²) in [6.45, 7) is 10.7. The SMILES string of the molecule is Cc1ccc(-c2cc(=[NH+]C(C)(C)C)c3cc(C)ccc3o2)cc1.[O-][Cl+3]([O-])([O-])[O-]. The van der Waals surface area contributed by atoms with Gasteiger partial charge in [-0.1, -0.05) is 41.5 Å². The topological polar surface area (TPSA) is 119 Å². The minimum atomic E-state index is -4.94. The van der Waals surface area contributed by atoms with Gasteiger partial charge in [0.2, 0.25) is 5.36 Å². The Kier molecular flexibility index (Phi) is 6.64. The molecule has 0 aliphatic rings. The van der Waals surface area contributed by atoms with Gasteiger partial charge >= 0.3 is 0 Å². The van der Waals surface area contributed by atoms with Gasteiger partial charge in [0.15, 0.2) is 5.54 Å². The maximum Gasteiger partial charge on any atom is 0.213 e. The van der Waals surface area contributed by atoms with Crippen LogP contribution in [0.25, 0.3) is 22.3 Å². The predicted octanol–water partition coefficient (Wildman–Crippen LogP) is -1.26. The second-order valence-electron chi connectivity index (χ2n) is 7.64. The summed E-state index contributed by atoms with van der Waals surface area (Å²) in [6.07, 6.45) is 0. The van der Waals surface area contributed by atoms with Crippen LogP contribution in [0.15, 0.2) is 52.9 Å². The second-order valence-corrected chi connectivity index (χ2v) is 8.40. The number of benzene rings is 2. The number of nitrogens with one attached hydrogen (secondary N) is 1. The molecule has 28 heavy (non-hydrogen) atoms. The lowest BCUT2D eigenvalue weighted by Gasteiger charge is -2.17. The van der Waals surface area contributed by atoms with E-state index >= 15 is 0 Å². The Morgan fingerprint density at radius 2 is 1.36 bits per heavy atom. The molecule has 0 saturated carbocycles. The van der Waals surface area contributed by atoms with Crippen molar-refractivity contribution in [3.05, 3.63) is 65.0 Å². The molecule has 0 atom stereocenters. The van der Waals surface area contributed by atoms with Gasteiger partial charge in [-0.15, -0.1) is 10.2 Å². The molecule has 1 heterocycles. The lowest BCUT2D eigenvalue weighted by atomic mass is 10.1. The Morgan fingerprint density at radius 1 is 0.821 bits per heavy atom. The molecule has 1 aromatic heterocycles. The second kappa shape index (κ2) is 8.43. The Balaban J connectivity index is 0.000000500. The van der Waals surface area contributed by atoms with Crippen LogP contribution in [0.1, 0.15) is 31.9 Å². The van der Waals surface area contributed by atoms with Crippen LogP contribution < -0.4 is 29.0 Å². The average molecular weight is 406 g/mol. The molecule has 1 N–H and O–H groups in total.